The molecule has 0 aromatic heterocycles. The van der Waals surface area contributed by atoms with Gasteiger partial charge in [-0.2, -0.15) is 0 Å². The van der Waals surface area contributed by atoms with E-state index < -0.39 is 81.5 Å². The van der Waals surface area contributed by atoms with Crippen LogP contribution in [0.25, 0.3) is 0 Å². The highest BCUT2D eigenvalue weighted by Crippen LogP contribution is 2.84. The Balaban J connectivity index is 1.28. The molecule has 0 radical (unpaired) electrons. The normalized spacial score (nSPS) is 62.2. The minimum Gasteiger partial charge on any atom is -0.450 e. The Kier molecular flexibility index (Phi) is 3.67. The van der Waals surface area contributed by atoms with Crippen molar-refractivity contribution < 1.29 is 48.3 Å². The molecule has 2 N–H and O–H groups in total. The summed E-state index contributed by atoms with van der Waals surface area (Å²) in [4.78, 5) is 39.4. The molecule has 208 valence electrons. The third-order valence-electron chi connectivity index (χ3n) is 12.5. The lowest BCUT2D eigenvalue weighted by atomic mass is 9.63. The van der Waals surface area contributed by atoms with Crippen molar-refractivity contribution in [2.75, 3.05) is 0 Å². The van der Waals surface area contributed by atoms with Gasteiger partial charge in [-0.05, 0) is 68.4 Å². The highest BCUT2D eigenvalue weighted by Gasteiger charge is 2.95. The van der Waals surface area contributed by atoms with E-state index in [4.69, 9.17) is 23.7 Å². The maximum atomic E-state index is 14.2. The fourth-order valence-corrected chi connectivity index (χ4v) is 11.3. The quantitative estimate of drug-likeness (QED) is 0.432. The first-order chi connectivity index (χ1) is 18.2. The maximum Gasteiger partial charge on any atom is 0.339 e. The molecule has 0 amide bonds. The van der Waals surface area contributed by atoms with Crippen molar-refractivity contribution in [1.29, 1.82) is 0 Å². The van der Waals surface area contributed by atoms with Gasteiger partial charge in [-0.25, -0.2) is 4.79 Å². The first-order valence-electron chi connectivity index (χ1n) is 14.1. The molecule has 7 heterocycles. The molecule has 4 bridgehead atoms. The molecule has 7 aliphatic heterocycles. The van der Waals surface area contributed by atoms with E-state index in [2.05, 4.69) is 6.92 Å². The molecule has 2 aliphatic carbocycles. The van der Waals surface area contributed by atoms with Crippen LogP contribution in [0.4, 0.5) is 0 Å². The summed E-state index contributed by atoms with van der Waals surface area (Å²) in [5.74, 6) is -7.47. The van der Waals surface area contributed by atoms with Crippen LogP contribution in [-0.2, 0) is 38.1 Å². The first-order valence-corrected chi connectivity index (χ1v) is 14.1. The van der Waals surface area contributed by atoms with Gasteiger partial charge < -0.3 is 33.9 Å². The Labute approximate surface area is 224 Å². The summed E-state index contributed by atoms with van der Waals surface area (Å²) in [6.07, 6.45) is 0.638. The van der Waals surface area contributed by atoms with Gasteiger partial charge in [0.1, 0.15) is 17.5 Å². The molecule has 1 unspecified atom stereocenters. The zero-order valence-corrected chi connectivity index (χ0v) is 22.5. The van der Waals surface area contributed by atoms with Crippen molar-refractivity contribution in [3.05, 3.63) is 23.0 Å². The number of esters is 2. The van der Waals surface area contributed by atoms with Crippen LogP contribution in [0.15, 0.2) is 23.0 Å². The van der Waals surface area contributed by atoms with Crippen LogP contribution >= 0.6 is 0 Å². The molecule has 0 aromatic carbocycles. The zero-order chi connectivity index (χ0) is 27.4. The predicted molar refractivity (Wildman–Crippen MR) is 127 cm³/mol. The van der Waals surface area contributed by atoms with E-state index in [1.807, 2.05) is 20.8 Å². The lowest BCUT2D eigenvalue weighted by Gasteiger charge is -2.53. The van der Waals surface area contributed by atoms with E-state index in [1.165, 1.54) is 0 Å². The lowest BCUT2D eigenvalue weighted by molar-refractivity contribution is -0.392. The van der Waals surface area contributed by atoms with Gasteiger partial charge in [0.25, 0.3) is 0 Å². The van der Waals surface area contributed by atoms with E-state index >= 15 is 0 Å². The number of hydrogen-bond donors (Lipinski definition) is 2. The minimum absolute atomic E-state index is 0.0482. The fourth-order valence-electron chi connectivity index (χ4n) is 11.3. The monoisotopic (exact) mass is 540 g/mol. The summed E-state index contributed by atoms with van der Waals surface area (Å²) in [6.45, 7) is 9.62. The van der Waals surface area contributed by atoms with Crippen LogP contribution < -0.4 is 0 Å². The number of aliphatic hydroxyl groups is 2. The second kappa shape index (κ2) is 6.06. The lowest BCUT2D eigenvalue weighted by Crippen LogP contribution is -2.73. The number of cyclic esters (lactones) is 1. The first kappa shape index (κ1) is 23.6. The van der Waals surface area contributed by atoms with E-state index in [9.17, 15) is 24.6 Å². The number of rotatable bonds is 0. The largest absolute Gasteiger partial charge is 0.450 e. The summed E-state index contributed by atoms with van der Waals surface area (Å²) in [5, 5.41) is 25.0. The van der Waals surface area contributed by atoms with Crippen molar-refractivity contribution in [3.8, 4) is 0 Å². The van der Waals surface area contributed by atoms with E-state index in [0.29, 0.717) is 17.8 Å². The maximum absolute atomic E-state index is 14.2. The standard InChI is InChI=1S/C29H32O10/c1-10-6-13(35-23(10)32)18-11(2)19-21-25(19,5)12(18)9-26-20(22(31)28(21,33)39-26)14-7-15-24(3,4)37-16-8-17(30)38-27(15,16)29(26,34)36-14/h6,11-12,14-16,19-21,33-34H,7-9H2,1-5H3/b18-13+/t11-,12-,14+,15+,16-,19-,20+,21?,25-,26-,27-,28+,29+/m1/s1. The van der Waals surface area contributed by atoms with Crippen LogP contribution in [0.2, 0.25) is 0 Å². The number of allylic oxidation sites excluding steroid dienone is 2. The average molecular weight is 541 g/mol. The Morgan fingerprint density at radius 1 is 1.08 bits per heavy atom. The van der Waals surface area contributed by atoms with Crippen molar-refractivity contribution in [3.63, 3.8) is 0 Å². The van der Waals surface area contributed by atoms with Crippen LogP contribution in [0.1, 0.15) is 53.9 Å². The topological polar surface area (TPSA) is 138 Å². The number of ether oxygens (including phenoxy) is 5. The molecule has 13 atom stereocenters. The Bertz CT molecular complexity index is 1410. The van der Waals surface area contributed by atoms with Gasteiger partial charge >= 0.3 is 11.9 Å². The van der Waals surface area contributed by atoms with Gasteiger partial charge in [-0.15, -0.1) is 0 Å². The fraction of sp³-hybridized carbons (Fsp3) is 0.759. The third-order valence-corrected chi connectivity index (χ3v) is 12.5. The minimum atomic E-state index is -2.23. The highest BCUT2D eigenvalue weighted by atomic mass is 16.7. The molecule has 10 heteroatoms. The van der Waals surface area contributed by atoms with Gasteiger partial charge in [-0.3, -0.25) is 9.59 Å². The summed E-state index contributed by atoms with van der Waals surface area (Å²) < 4.78 is 31.1. The molecule has 9 aliphatic rings. The van der Waals surface area contributed by atoms with Gasteiger partial charge in [0, 0.05) is 17.4 Å². The van der Waals surface area contributed by atoms with Crippen molar-refractivity contribution in [2.45, 2.75) is 94.5 Å². The average Bonchev–Trinajstić information content (AvgIpc) is 3.15. The summed E-state index contributed by atoms with van der Waals surface area (Å²) in [6, 6.07) is 0. The number of hydrogen-bond acceptors (Lipinski definition) is 10. The van der Waals surface area contributed by atoms with Crippen LogP contribution in [0.5, 0.6) is 0 Å². The number of ketones is 1. The molecule has 0 aromatic rings. The summed E-state index contributed by atoms with van der Waals surface area (Å²) >= 11 is 0. The summed E-state index contributed by atoms with van der Waals surface area (Å²) in [5.41, 5.74) is -3.10. The van der Waals surface area contributed by atoms with Crippen LogP contribution in [0, 0.1) is 40.9 Å². The van der Waals surface area contributed by atoms with Gasteiger partial charge in [0.15, 0.2) is 0 Å². The van der Waals surface area contributed by atoms with Gasteiger partial charge in [0.2, 0.25) is 23.0 Å². The van der Waals surface area contributed by atoms with E-state index in [0.717, 1.165) is 5.57 Å². The number of Topliss-reactive ketones (excluding diaryl/α,β-unsaturated/α-hetero) is 1. The van der Waals surface area contributed by atoms with E-state index in [-0.39, 0.29) is 30.6 Å². The van der Waals surface area contributed by atoms with Crippen molar-refractivity contribution in [1.82, 2.24) is 0 Å². The third kappa shape index (κ3) is 2.05. The number of carbonyl (C=O) groups is 3. The molecule has 8 fully saturated rings. The Hall–Kier alpha value is -2.11. The van der Waals surface area contributed by atoms with Crippen LogP contribution in [0.3, 0.4) is 0 Å². The number of fused-ring (bicyclic) bond motifs is 6. The Morgan fingerprint density at radius 3 is 2.51 bits per heavy atom. The molecule has 6 saturated heterocycles. The smallest absolute Gasteiger partial charge is 0.339 e. The molecule has 9 rings (SSSR count). The predicted octanol–water partition coefficient (Wildman–Crippen LogP) is 1.28. The highest BCUT2D eigenvalue weighted by molar-refractivity contribution is 5.94. The van der Waals surface area contributed by atoms with Crippen LogP contribution in [-0.4, -0.2) is 68.5 Å². The molecular weight excluding hydrogens is 508 g/mol. The SMILES string of the molecule is CC1=C/C(=C2/[C@@H](C)[C@@H]3C4[C@]3(C)[C@@H]2C[C@@]23O[C@]4(O)C(=O)[C@@H]2[C@@H]2C[C@H]4C(C)(C)O[C@@H]5CC(=O)O[C@@]54[C@@]3(O)O2)OC1=O. The van der Waals surface area contributed by atoms with E-state index in [1.54, 1.807) is 13.0 Å². The number of carbonyl (C=O) groups excluding carboxylic acids is 3. The molecule has 2 spiro atoms. The second-order valence-corrected chi connectivity index (χ2v) is 14.3. The molecule has 10 nitrogen and oxygen atoms in total. The summed E-state index contributed by atoms with van der Waals surface area (Å²) in [7, 11) is 0. The molecule has 2 saturated carbocycles. The molecule has 39 heavy (non-hydrogen) atoms. The Morgan fingerprint density at radius 2 is 1.82 bits per heavy atom. The van der Waals surface area contributed by atoms with Gasteiger partial charge in [-0.1, -0.05) is 13.8 Å². The van der Waals surface area contributed by atoms with Crippen molar-refractivity contribution >= 4 is 17.7 Å². The molecular formula is C29H32O10. The zero-order valence-electron chi connectivity index (χ0n) is 22.5. The van der Waals surface area contributed by atoms with Gasteiger partial charge in [0.05, 0.1) is 24.0 Å². The van der Waals surface area contributed by atoms with Crippen molar-refractivity contribution in [2.24, 2.45) is 40.9 Å². The second-order valence-electron chi connectivity index (χ2n) is 14.3.